The second-order valence-electron chi connectivity index (χ2n) is 7.20. The van der Waals surface area contributed by atoms with E-state index in [1.807, 2.05) is 0 Å². The Balaban J connectivity index is 2.15. The van der Waals surface area contributed by atoms with Gasteiger partial charge in [0.1, 0.15) is 16.5 Å². The summed E-state index contributed by atoms with van der Waals surface area (Å²) in [5.41, 5.74) is 0.656. The lowest BCUT2D eigenvalue weighted by atomic mass is 10.1. The van der Waals surface area contributed by atoms with Crippen molar-refractivity contribution in [3.05, 3.63) is 16.0 Å². The Morgan fingerprint density at radius 3 is 2.30 bits per heavy atom. The van der Waals surface area contributed by atoms with Crippen LogP contribution in [0.1, 0.15) is 64.6 Å². The molecule has 0 aliphatic carbocycles. The number of nitrogens with zero attached hydrogens (tertiary/aromatic N) is 1. The molecule has 0 atom stereocenters. The number of anilines is 1. The Bertz CT molecular complexity index is 725. The number of nitrogens with one attached hydrogen (secondary N) is 1. The van der Waals surface area contributed by atoms with Crippen LogP contribution < -0.4 is 5.32 Å². The highest BCUT2D eigenvalue weighted by atomic mass is 32.1. The number of amides is 1. The van der Waals surface area contributed by atoms with E-state index in [0.717, 1.165) is 37.3 Å². The molecule has 1 fully saturated rings. The standard InChI is InChI=1S/C21H32N2O6S/c1-4-28-20(25)17-15(2)18(21(26)29-13-12-27-3)30-19(17)22-16(24)14-23-10-8-6-5-7-9-11-23/h4-14H2,1-3H3,(H,22,24). The van der Waals surface area contributed by atoms with E-state index in [4.69, 9.17) is 14.2 Å². The first-order chi connectivity index (χ1) is 14.5. The average molecular weight is 441 g/mol. The van der Waals surface area contributed by atoms with Crippen LogP contribution in [0.15, 0.2) is 0 Å². The Hall–Kier alpha value is -1.97. The van der Waals surface area contributed by atoms with E-state index >= 15 is 0 Å². The zero-order valence-electron chi connectivity index (χ0n) is 18.1. The van der Waals surface area contributed by atoms with Gasteiger partial charge in [-0.3, -0.25) is 9.69 Å². The molecule has 1 saturated heterocycles. The largest absolute Gasteiger partial charge is 0.462 e. The van der Waals surface area contributed by atoms with Gasteiger partial charge < -0.3 is 19.5 Å². The number of hydrogen-bond donors (Lipinski definition) is 1. The van der Waals surface area contributed by atoms with Crippen LogP contribution in [0.5, 0.6) is 0 Å². The molecule has 168 valence electrons. The Morgan fingerprint density at radius 1 is 1.00 bits per heavy atom. The summed E-state index contributed by atoms with van der Waals surface area (Å²) in [5.74, 6) is -1.32. The topological polar surface area (TPSA) is 94.2 Å². The molecule has 2 rings (SSSR count). The summed E-state index contributed by atoms with van der Waals surface area (Å²) >= 11 is 1.04. The molecule has 0 unspecified atom stereocenters. The molecule has 0 radical (unpaired) electrons. The van der Waals surface area contributed by atoms with Crippen LogP contribution in [-0.2, 0) is 19.0 Å². The van der Waals surface area contributed by atoms with Crippen LogP contribution in [-0.4, -0.2) is 69.3 Å². The lowest BCUT2D eigenvalue weighted by Gasteiger charge is -2.23. The molecular weight excluding hydrogens is 408 g/mol. The molecule has 1 N–H and O–H groups in total. The third-order valence-corrected chi connectivity index (χ3v) is 6.09. The number of hydrogen-bond acceptors (Lipinski definition) is 8. The van der Waals surface area contributed by atoms with Crippen molar-refractivity contribution in [1.29, 1.82) is 0 Å². The number of carbonyl (C=O) groups is 3. The van der Waals surface area contributed by atoms with Crippen LogP contribution in [0.2, 0.25) is 0 Å². The molecule has 2 heterocycles. The van der Waals surface area contributed by atoms with Crippen molar-refractivity contribution in [3.8, 4) is 0 Å². The molecule has 1 aromatic rings. The van der Waals surface area contributed by atoms with Gasteiger partial charge in [0.05, 0.1) is 25.3 Å². The lowest BCUT2D eigenvalue weighted by molar-refractivity contribution is -0.117. The van der Waals surface area contributed by atoms with E-state index in [9.17, 15) is 14.4 Å². The third-order valence-electron chi connectivity index (χ3n) is 4.90. The predicted octanol–water partition coefficient (Wildman–Crippen LogP) is 3.24. The van der Waals surface area contributed by atoms with Crippen LogP contribution >= 0.6 is 11.3 Å². The maximum atomic E-state index is 12.7. The molecule has 8 nitrogen and oxygen atoms in total. The van der Waals surface area contributed by atoms with Gasteiger partial charge in [0.2, 0.25) is 5.91 Å². The first-order valence-corrected chi connectivity index (χ1v) is 11.3. The van der Waals surface area contributed by atoms with Crippen molar-refractivity contribution in [2.24, 2.45) is 0 Å². The molecule has 1 aromatic heterocycles. The maximum absolute atomic E-state index is 12.7. The van der Waals surface area contributed by atoms with Crippen LogP contribution in [0.25, 0.3) is 0 Å². The van der Waals surface area contributed by atoms with Gasteiger partial charge >= 0.3 is 11.9 Å². The van der Waals surface area contributed by atoms with Crippen LogP contribution in [0.3, 0.4) is 0 Å². The van der Waals surface area contributed by atoms with Gasteiger partial charge in [0.25, 0.3) is 0 Å². The van der Waals surface area contributed by atoms with Gasteiger partial charge in [-0.15, -0.1) is 11.3 Å². The molecule has 1 aliphatic rings. The Labute approximate surface area is 181 Å². The minimum Gasteiger partial charge on any atom is -0.462 e. The van der Waals surface area contributed by atoms with E-state index in [-0.39, 0.29) is 42.7 Å². The summed E-state index contributed by atoms with van der Waals surface area (Å²) in [5, 5.41) is 3.14. The number of likely N-dealkylation sites (tertiary alicyclic amines) is 1. The third kappa shape index (κ3) is 7.07. The fourth-order valence-electron chi connectivity index (χ4n) is 3.37. The quantitative estimate of drug-likeness (QED) is 0.465. The molecular formula is C21H32N2O6S. The molecule has 9 heteroatoms. The maximum Gasteiger partial charge on any atom is 0.348 e. The van der Waals surface area contributed by atoms with Crippen molar-refractivity contribution in [2.45, 2.75) is 46.0 Å². The van der Waals surface area contributed by atoms with Crippen molar-refractivity contribution in [2.75, 3.05) is 51.9 Å². The van der Waals surface area contributed by atoms with E-state index in [0.29, 0.717) is 10.6 Å². The van der Waals surface area contributed by atoms with Gasteiger partial charge in [0, 0.05) is 7.11 Å². The van der Waals surface area contributed by atoms with Crippen LogP contribution in [0.4, 0.5) is 5.00 Å². The van der Waals surface area contributed by atoms with Gasteiger partial charge in [0.15, 0.2) is 0 Å². The fraction of sp³-hybridized carbons (Fsp3) is 0.667. The summed E-state index contributed by atoms with van der Waals surface area (Å²) < 4.78 is 15.2. The summed E-state index contributed by atoms with van der Waals surface area (Å²) in [6, 6.07) is 0. The highest BCUT2D eigenvalue weighted by Gasteiger charge is 2.27. The van der Waals surface area contributed by atoms with E-state index in [1.165, 1.54) is 26.4 Å². The zero-order valence-corrected chi connectivity index (χ0v) is 18.9. The van der Waals surface area contributed by atoms with Crippen molar-refractivity contribution in [3.63, 3.8) is 0 Å². The lowest BCUT2D eigenvalue weighted by Crippen LogP contribution is -2.35. The fourth-order valence-corrected chi connectivity index (χ4v) is 4.47. The predicted molar refractivity (Wildman–Crippen MR) is 115 cm³/mol. The van der Waals surface area contributed by atoms with Crippen molar-refractivity contribution >= 4 is 34.2 Å². The molecule has 0 spiro atoms. The molecule has 1 amide bonds. The number of esters is 2. The number of methoxy groups -OCH3 is 1. The first kappa shape index (κ1) is 24.3. The Kier molecular flexibility index (Phi) is 10.3. The van der Waals surface area contributed by atoms with Gasteiger partial charge in [-0.25, -0.2) is 9.59 Å². The van der Waals surface area contributed by atoms with Gasteiger partial charge in [-0.05, 0) is 45.3 Å². The van der Waals surface area contributed by atoms with Gasteiger partial charge in [-0.2, -0.15) is 0 Å². The smallest absolute Gasteiger partial charge is 0.348 e. The SMILES string of the molecule is CCOC(=O)c1c(NC(=O)CN2CCCCCCC2)sc(C(=O)OCCOC)c1C. The normalized spacial score (nSPS) is 15.2. The number of thiophene rings is 1. The average Bonchev–Trinajstić information content (AvgIpc) is 3.00. The first-order valence-electron chi connectivity index (χ1n) is 10.5. The number of rotatable bonds is 9. The molecule has 30 heavy (non-hydrogen) atoms. The van der Waals surface area contributed by atoms with Gasteiger partial charge in [-0.1, -0.05) is 19.3 Å². The van der Waals surface area contributed by atoms with Crippen molar-refractivity contribution in [1.82, 2.24) is 4.90 Å². The summed E-state index contributed by atoms with van der Waals surface area (Å²) in [4.78, 5) is 40.0. The second-order valence-corrected chi connectivity index (χ2v) is 8.22. The minimum atomic E-state index is -0.566. The molecule has 1 aliphatic heterocycles. The van der Waals surface area contributed by atoms with E-state index in [1.54, 1.807) is 13.8 Å². The summed E-state index contributed by atoms with van der Waals surface area (Å²) in [6.45, 7) is 5.98. The highest BCUT2D eigenvalue weighted by molar-refractivity contribution is 7.18. The van der Waals surface area contributed by atoms with Crippen LogP contribution in [0, 0.1) is 6.92 Å². The number of ether oxygens (including phenoxy) is 3. The summed E-state index contributed by atoms with van der Waals surface area (Å²) in [7, 11) is 1.52. The summed E-state index contributed by atoms with van der Waals surface area (Å²) in [6.07, 6.45) is 5.78. The minimum absolute atomic E-state index is 0.109. The molecule has 0 bridgehead atoms. The number of carbonyl (C=O) groups excluding carboxylic acids is 3. The molecule has 0 aromatic carbocycles. The second kappa shape index (κ2) is 12.7. The van der Waals surface area contributed by atoms with E-state index < -0.39 is 11.9 Å². The zero-order chi connectivity index (χ0) is 21.9. The Morgan fingerprint density at radius 2 is 1.67 bits per heavy atom. The molecule has 0 saturated carbocycles. The monoisotopic (exact) mass is 440 g/mol. The highest BCUT2D eigenvalue weighted by Crippen LogP contribution is 2.34. The van der Waals surface area contributed by atoms with Crippen molar-refractivity contribution < 1.29 is 28.6 Å². The van der Waals surface area contributed by atoms with E-state index in [2.05, 4.69) is 10.2 Å².